The second-order valence-corrected chi connectivity index (χ2v) is 8.42. The first-order valence-electron chi connectivity index (χ1n) is 9.16. The summed E-state index contributed by atoms with van der Waals surface area (Å²) in [6.45, 7) is 14.0. The summed E-state index contributed by atoms with van der Waals surface area (Å²) in [5.74, 6) is -0.639. The quantitative estimate of drug-likeness (QED) is 0.497. The third kappa shape index (κ3) is 4.40. The van der Waals surface area contributed by atoms with Gasteiger partial charge in [0.1, 0.15) is 22.6 Å². The fourth-order valence-corrected chi connectivity index (χ4v) is 2.81. The fourth-order valence-electron chi connectivity index (χ4n) is 2.81. The van der Waals surface area contributed by atoms with Crippen LogP contribution in [0.15, 0.2) is 24.3 Å². The molecule has 1 aromatic carbocycles. The Morgan fingerprint density at radius 1 is 0.923 bits per heavy atom. The van der Waals surface area contributed by atoms with Crippen molar-refractivity contribution >= 4 is 17.5 Å². The molecule has 0 amide bonds. The third-order valence-corrected chi connectivity index (χ3v) is 5.16. The van der Waals surface area contributed by atoms with Crippen molar-refractivity contribution in [2.75, 3.05) is 0 Å². The van der Waals surface area contributed by atoms with Crippen molar-refractivity contribution in [2.45, 2.75) is 79.2 Å². The average molecular weight is 360 g/mol. The number of carbonyl (C=O) groups is 3. The van der Waals surface area contributed by atoms with E-state index in [2.05, 4.69) is 0 Å². The molecular formula is C22H32O4. The molecule has 1 aromatic rings. The minimum Gasteiger partial charge on any atom is -0.454 e. The largest absolute Gasteiger partial charge is 0.454 e. The molecule has 0 aliphatic heterocycles. The molecule has 0 atom stereocenters. The van der Waals surface area contributed by atoms with E-state index in [1.54, 1.807) is 34.6 Å². The molecule has 4 heteroatoms. The number of Topliss-reactive ketones (excluding diaryl/α,β-unsaturated/α-hetero) is 2. The third-order valence-electron chi connectivity index (χ3n) is 5.16. The summed E-state index contributed by atoms with van der Waals surface area (Å²) < 4.78 is 5.80. The Labute approximate surface area is 157 Å². The van der Waals surface area contributed by atoms with Gasteiger partial charge < -0.3 is 4.74 Å². The van der Waals surface area contributed by atoms with Crippen LogP contribution in [0.25, 0.3) is 0 Å². The molecule has 1 rings (SSSR count). The highest BCUT2D eigenvalue weighted by Crippen LogP contribution is 2.37. The van der Waals surface area contributed by atoms with Gasteiger partial charge in [0.15, 0.2) is 0 Å². The molecule has 26 heavy (non-hydrogen) atoms. The minimum absolute atomic E-state index is 0.0329. The van der Waals surface area contributed by atoms with Crippen molar-refractivity contribution < 1.29 is 19.1 Å². The van der Waals surface area contributed by atoms with Crippen LogP contribution >= 0.6 is 0 Å². The number of carbonyl (C=O) groups excluding carboxylic acids is 3. The fraction of sp³-hybridized carbons (Fsp3) is 0.591. The summed E-state index contributed by atoms with van der Waals surface area (Å²) in [7, 11) is 0. The molecule has 0 aromatic heterocycles. The van der Waals surface area contributed by atoms with Gasteiger partial charge in [-0.1, -0.05) is 31.2 Å². The lowest BCUT2D eigenvalue weighted by Gasteiger charge is -2.35. The Morgan fingerprint density at radius 2 is 1.42 bits per heavy atom. The van der Waals surface area contributed by atoms with Gasteiger partial charge in [0, 0.05) is 11.8 Å². The smallest absolute Gasteiger partial charge is 0.319 e. The Morgan fingerprint density at radius 3 is 1.88 bits per heavy atom. The Kier molecular flexibility index (Phi) is 6.56. The van der Waals surface area contributed by atoms with Crippen LogP contribution in [0, 0.1) is 5.41 Å². The number of rotatable bonds is 8. The van der Waals surface area contributed by atoms with Crippen molar-refractivity contribution in [3.63, 3.8) is 0 Å². The summed E-state index contributed by atoms with van der Waals surface area (Å²) in [6.07, 6.45) is 1.03. The lowest BCUT2D eigenvalue weighted by molar-refractivity contribution is -0.170. The second kappa shape index (κ2) is 7.73. The number of hydrogen-bond acceptors (Lipinski definition) is 4. The first-order chi connectivity index (χ1) is 11.8. The van der Waals surface area contributed by atoms with Crippen molar-refractivity contribution in [1.29, 1.82) is 0 Å². The van der Waals surface area contributed by atoms with Gasteiger partial charge in [0.25, 0.3) is 0 Å². The highest BCUT2D eigenvalue weighted by Gasteiger charge is 2.41. The molecule has 0 unspecified atom stereocenters. The molecule has 0 fully saturated rings. The maximum Gasteiger partial charge on any atom is 0.319 e. The van der Waals surface area contributed by atoms with Crippen LogP contribution in [0.5, 0.6) is 0 Å². The lowest BCUT2D eigenvalue weighted by Crippen LogP contribution is -2.40. The number of benzene rings is 1. The monoisotopic (exact) mass is 360 g/mol. The summed E-state index contributed by atoms with van der Waals surface area (Å²) in [5.41, 5.74) is -1.27. The molecule has 4 nitrogen and oxygen atoms in total. The van der Waals surface area contributed by atoms with E-state index in [0.29, 0.717) is 12.8 Å². The Balaban J connectivity index is 3.26. The molecule has 0 heterocycles. The van der Waals surface area contributed by atoms with Gasteiger partial charge in [-0.2, -0.15) is 0 Å². The van der Waals surface area contributed by atoms with Crippen molar-refractivity contribution in [3.8, 4) is 0 Å². The van der Waals surface area contributed by atoms with E-state index in [9.17, 15) is 14.4 Å². The van der Waals surface area contributed by atoms with Gasteiger partial charge >= 0.3 is 5.97 Å². The maximum atomic E-state index is 12.8. The van der Waals surface area contributed by atoms with E-state index in [0.717, 1.165) is 11.1 Å². The highest BCUT2D eigenvalue weighted by molar-refractivity contribution is 6.03. The van der Waals surface area contributed by atoms with Crippen LogP contribution in [0.4, 0.5) is 0 Å². The van der Waals surface area contributed by atoms with E-state index < -0.39 is 22.4 Å². The summed E-state index contributed by atoms with van der Waals surface area (Å²) in [5, 5.41) is 0. The average Bonchev–Trinajstić information content (AvgIpc) is 2.54. The topological polar surface area (TPSA) is 60.4 Å². The second-order valence-electron chi connectivity index (χ2n) is 8.42. The van der Waals surface area contributed by atoms with E-state index in [4.69, 9.17) is 4.74 Å². The van der Waals surface area contributed by atoms with E-state index >= 15 is 0 Å². The molecular weight excluding hydrogens is 328 g/mol. The highest BCUT2D eigenvalue weighted by atomic mass is 16.6. The molecule has 144 valence electrons. The lowest BCUT2D eigenvalue weighted by atomic mass is 9.75. The van der Waals surface area contributed by atoms with Crippen molar-refractivity contribution in [3.05, 3.63) is 35.4 Å². The van der Waals surface area contributed by atoms with Crippen molar-refractivity contribution in [1.82, 2.24) is 0 Å². The summed E-state index contributed by atoms with van der Waals surface area (Å²) >= 11 is 0. The van der Waals surface area contributed by atoms with Gasteiger partial charge in [-0.05, 0) is 66.0 Å². The predicted octanol–water partition coefficient (Wildman–Crippen LogP) is 4.73. The van der Waals surface area contributed by atoms with Crippen LogP contribution in [0.1, 0.15) is 79.4 Å². The molecule has 0 aliphatic rings. The van der Waals surface area contributed by atoms with Gasteiger partial charge in [-0.25, -0.2) is 0 Å². The van der Waals surface area contributed by atoms with Gasteiger partial charge in [-0.3, -0.25) is 14.4 Å². The zero-order valence-corrected chi connectivity index (χ0v) is 17.4. The van der Waals surface area contributed by atoms with Gasteiger partial charge in [0.05, 0.1) is 0 Å². The number of ketones is 2. The Hall–Kier alpha value is -1.97. The van der Waals surface area contributed by atoms with Crippen LogP contribution in [-0.4, -0.2) is 17.5 Å². The van der Waals surface area contributed by atoms with Crippen molar-refractivity contribution in [2.24, 2.45) is 5.41 Å². The van der Waals surface area contributed by atoms with E-state index in [1.165, 1.54) is 0 Å². The zero-order chi connectivity index (χ0) is 20.3. The predicted molar refractivity (Wildman–Crippen MR) is 103 cm³/mol. The van der Waals surface area contributed by atoms with Crippen LogP contribution < -0.4 is 0 Å². The van der Waals surface area contributed by atoms with Crippen LogP contribution in [-0.2, 0) is 30.1 Å². The molecule has 0 spiro atoms. The van der Waals surface area contributed by atoms with Crippen LogP contribution in [0.3, 0.4) is 0 Å². The molecule has 0 N–H and O–H groups in total. The zero-order valence-electron chi connectivity index (χ0n) is 17.4. The number of hydrogen-bond donors (Lipinski definition) is 0. The molecule has 0 saturated carbocycles. The number of esters is 1. The maximum absolute atomic E-state index is 12.8. The van der Waals surface area contributed by atoms with Gasteiger partial charge in [-0.15, -0.1) is 0 Å². The normalized spacial score (nSPS) is 12.6. The van der Waals surface area contributed by atoms with Gasteiger partial charge in [0.2, 0.25) is 0 Å². The molecule has 0 radical (unpaired) electrons. The van der Waals surface area contributed by atoms with E-state index in [-0.39, 0.29) is 11.6 Å². The molecule has 0 saturated heterocycles. The molecule has 0 bridgehead atoms. The first-order valence-corrected chi connectivity index (χ1v) is 9.16. The van der Waals surface area contributed by atoms with E-state index in [1.807, 2.05) is 45.0 Å². The molecule has 0 aliphatic carbocycles. The SMILES string of the molecule is CCCC(=O)C(C)(C)C(=O)OC(C)(C)c1ccccc1C(C)(C)C(C)=O. The first kappa shape index (κ1) is 22.1. The van der Waals surface area contributed by atoms with Crippen LogP contribution in [0.2, 0.25) is 0 Å². The standard InChI is InChI=1S/C22H32O4/c1-9-12-18(24)21(5,6)19(25)26-22(7,8)17-14-11-10-13-16(17)20(3,4)15(2)23/h10-11,13-14H,9,12H2,1-8H3. The minimum atomic E-state index is -1.20. The summed E-state index contributed by atoms with van der Waals surface area (Å²) in [6, 6.07) is 7.49. The summed E-state index contributed by atoms with van der Waals surface area (Å²) in [4.78, 5) is 37.2. The number of ether oxygens (including phenoxy) is 1. The Bertz CT molecular complexity index is 696.